The summed E-state index contributed by atoms with van der Waals surface area (Å²) in [6, 6.07) is 0. The van der Waals surface area contributed by atoms with Gasteiger partial charge in [-0.3, -0.25) is 9.69 Å². The molecule has 1 aliphatic rings. The number of allylic oxidation sites excluding steroid dienone is 2. The van der Waals surface area contributed by atoms with Gasteiger partial charge in [0.2, 0.25) is 5.91 Å². The average molecular weight is 266 g/mol. The van der Waals surface area contributed by atoms with E-state index in [1.807, 2.05) is 19.9 Å². The topological polar surface area (TPSA) is 56.4 Å². The van der Waals surface area contributed by atoms with E-state index in [-0.39, 0.29) is 5.91 Å². The summed E-state index contributed by atoms with van der Waals surface area (Å²) in [7, 11) is 0. The van der Waals surface area contributed by atoms with Crippen LogP contribution in [0.3, 0.4) is 0 Å². The molecular weight excluding hydrogens is 240 g/mol. The summed E-state index contributed by atoms with van der Waals surface area (Å²) in [5.41, 5.74) is 1.85. The highest BCUT2D eigenvalue weighted by Gasteiger charge is 2.09. The van der Waals surface area contributed by atoms with Crippen LogP contribution < -0.4 is 16.0 Å². The molecule has 1 heterocycles. The molecule has 5 heteroatoms. The summed E-state index contributed by atoms with van der Waals surface area (Å²) in [5, 5.41) is 9.30. The van der Waals surface area contributed by atoms with E-state index in [1.165, 1.54) is 0 Å². The molecule has 0 aromatic heterocycles. The fourth-order valence-corrected chi connectivity index (χ4v) is 1.98. The molecule has 1 rings (SSSR count). The molecule has 1 aliphatic heterocycles. The lowest BCUT2D eigenvalue weighted by Crippen LogP contribution is -2.29. The molecule has 19 heavy (non-hydrogen) atoms. The lowest BCUT2D eigenvalue weighted by Gasteiger charge is -2.13. The lowest BCUT2D eigenvalue weighted by atomic mass is 10.3. The van der Waals surface area contributed by atoms with Gasteiger partial charge in [-0.25, -0.2) is 0 Å². The van der Waals surface area contributed by atoms with Gasteiger partial charge in [-0.05, 0) is 20.3 Å². The van der Waals surface area contributed by atoms with Gasteiger partial charge in [0.25, 0.3) is 0 Å². The van der Waals surface area contributed by atoms with E-state index in [0.717, 1.165) is 50.7 Å². The molecule has 1 fully saturated rings. The number of carbonyl (C=O) groups excluding carboxylic acids is 1. The highest BCUT2D eigenvalue weighted by Crippen LogP contribution is 1.96. The zero-order valence-corrected chi connectivity index (χ0v) is 12.1. The van der Waals surface area contributed by atoms with Crippen molar-refractivity contribution in [3.8, 4) is 0 Å². The largest absolute Gasteiger partial charge is 0.364 e. The Kier molecular flexibility index (Phi) is 7.22. The predicted molar refractivity (Wildman–Crippen MR) is 78.4 cm³/mol. The van der Waals surface area contributed by atoms with Gasteiger partial charge in [0, 0.05) is 50.7 Å². The third-order valence-corrected chi connectivity index (χ3v) is 2.92. The maximum Gasteiger partial charge on any atom is 0.223 e. The third kappa shape index (κ3) is 7.64. The second kappa shape index (κ2) is 8.72. The molecule has 1 saturated heterocycles. The molecule has 0 aromatic rings. The number of nitrogens with one attached hydrogen (secondary N) is 3. The first-order valence-electron chi connectivity index (χ1n) is 6.87. The Morgan fingerprint density at radius 1 is 1.47 bits per heavy atom. The number of rotatable bonds is 8. The van der Waals surface area contributed by atoms with Crippen LogP contribution in [0, 0.1) is 0 Å². The van der Waals surface area contributed by atoms with Crippen molar-refractivity contribution in [1.29, 1.82) is 0 Å². The van der Waals surface area contributed by atoms with Gasteiger partial charge in [-0.15, -0.1) is 0 Å². The quantitative estimate of drug-likeness (QED) is 0.568. The van der Waals surface area contributed by atoms with E-state index < -0.39 is 0 Å². The van der Waals surface area contributed by atoms with E-state index in [9.17, 15) is 4.79 Å². The Morgan fingerprint density at radius 3 is 2.89 bits per heavy atom. The molecule has 1 amide bonds. The summed E-state index contributed by atoms with van der Waals surface area (Å²) >= 11 is 0. The zero-order valence-electron chi connectivity index (χ0n) is 12.1. The number of amides is 1. The predicted octanol–water partition coefficient (Wildman–Crippen LogP) is 0.773. The van der Waals surface area contributed by atoms with Gasteiger partial charge in [0.05, 0.1) is 0 Å². The fraction of sp³-hybridized carbons (Fsp3) is 0.643. The summed E-state index contributed by atoms with van der Waals surface area (Å²) in [6.07, 6.45) is 3.30. The standard InChI is InChI=1S/C14H26N4O/c1-12(2)17-13(3)5-6-14(19)16-7-4-9-18-10-8-15-11-18/h5,15,17H,1,4,6-11H2,2-3H3,(H,16,19)/b13-5-. The highest BCUT2D eigenvalue weighted by atomic mass is 16.1. The number of carbonyl (C=O) groups is 1. The van der Waals surface area contributed by atoms with E-state index in [2.05, 4.69) is 27.4 Å². The maximum absolute atomic E-state index is 11.6. The minimum atomic E-state index is 0.0717. The molecule has 0 aromatic carbocycles. The van der Waals surface area contributed by atoms with Gasteiger partial charge < -0.3 is 16.0 Å². The molecular formula is C14H26N4O. The van der Waals surface area contributed by atoms with Gasteiger partial charge in [0.1, 0.15) is 0 Å². The van der Waals surface area contributed by atoms with Gasteiger partial charge in [0.15, 0.2) is 0 Å². The highest BCUT2D eigenvalue weighted by molar-refractivity contribution is 5.77. The molecule has 3 N–H and O–H groups in total. The van der Waals surface area contributed by atoms with Gasteiger partial charge in [-0.1, -0.05) is 12.7 Å². The molecule has 0 radical (unpaired) electrons. The molecule has 0 spiro atoms. The van der Waals surface area contributed by atoms with Crippen LogP contribution in [-0.2, 0) is 4.79 Å². The first kappa shape index (κ1) is 15.7. The Balaban J connectivity index is 2.05. The normalized spacial score (nSPS) is 16.4. The minimum Gasteiger partial charge on any atom is -0.364 e. The molecule has 0 aliphatic carbocycles. The Labute approximate surface area is 116 Å². The summed E-state index contributed by atoms with van der Waals surface area (Å²) in [4.78, 5) is 14.0. The maximum atomic E-state index is 11.6. The average Bonchev–Trinajstić information content (AvgIpc) is 2.84. The van der Waals surface area contributed by atoms with E-state index in [1.54, 1.807) is 0 Å². The first-order valence-corrected chi connectivity index (χ1v) is 6.87. The first-order chi connectivity index (χ1) is 9.08. The Hall–Kier alpha value is -1.33. The van der Waals surface area contributed by atoms with Crippen molar-refractivity contribution in [2.45, 2.75) is 26.7 Å². The number of hydrogen-bond donors (Lipinski definition) is 3. The minimum absolute atomic E-state index is 0.0717. The molecule has 5 nitrogen and oxygen atoms in total. The second-order valence-electron chi connectivity index (χ2n) is 4.98. The molecule has 0 bridgehead atoms. The number of hydrogen-bond acceptors (Lipinski definition) is 4. The van der Waals surface area contributed by atoms with Crippen molar-refractivity contribution < 1.29 is 4.79 Å². The molecule has 0 unspecified atom stereocenters. The van der Waals surface area contributed by atoms with Crippen molar-refractivity contribution in [2.75, 3.05) is 32.8 Å². The lowest BCUT2D eigenvalue weighted by molar-refractivity contribution is -0.120. The van der Waals surface area contributed by atoms with Crippen molar-refractivity contribution in [3.05, 3.63) is 24.0 Å². The summed E-state index contributed by atoms with van der Waals surface area (Å²) < 4.78 is 0. The van der Waals surface area contributed by atoms with Crippen LogP contribution in [0.15, 0.2) is 24.0 Å². The van der Waals surface area contributed by atoms with Crippen LogP contribution in [-0.4, -0.2) is 43.7 Å². The molecule has 0 atom stereocenters. The Bertz CT molecular complexity index is 332. The van der Waals surface area contributed by atoms with Crippen LogP contribution in [0.5, 0.6) is 0 Å². The van der Waals surface area contributed by atoms with Crippen LogP contribution in [0.25, 0.3) is 0 Å². The van der Waals surface area contributed by atoms with Crippen molar-refractivity contribution in [1.82, 2.24) is 20.9 Å². The van der Waals surface area contributed by atoms with Gasteiger partial charge >= 0.3 is 0 Å². The SMILES string of the molecule is C=C(C)N/C(C)=C\CC(=O)NCCCN1CCNC1. The second-order valence-corrected chi connectivity index (χ2v) is 4.98. The van der Waals surface area contributed by atoms with Crippen LogP contribution >= 0.6 is 0 Å². The van der Waals surface area contributed by atoms with Crippen LogP contribution in [0.4, 0.5) is 0 Å². The van der Waals surface area contributed by atoms with Crippen molar-refractivity contribution >= 4 is 5.91 Å². The van der Waals surface area contributed by atoms with E-state index in [4.69, 9.17) is 0 Å². The van der Waals surface area contributed by atoms with Crippen LogP contribution in [0.1, 0.15) is 26.7 Å². The number of nitrogens with zero attached hydrogens (tertiary/aromatic N) is 1. The smallest absolute Gasteiger partial charge is 0.223 e. The van der Waals surface area contributed by atoms with E-state index in [0.29, 0.717) is 6.42 Å². The summed E-state index contributed by atoms with van der Waals surface area (Å²) in [6.45, 7) is 12.5. The van der Waals surface area contributed by atoms with Gasteiger partial charge in [-0.2, -0.15) is 0 Å². The zero-order chi connectivity index (χ0) is 14.1. The molecule has 108 valence electrons. The molecule has 0 saturated carbocycles. The van der Waals surface area contributed by atoms with Crippen molar-refractivity contribution in [2.24, 2.45) is 0 Å². The van der Waals surface area contributed by atoms with E-state index >= 15 is 0 Å². The Morgan fingerprint density at radius 2 is 2.26 bits per heavy atom. The summed E-state index contributed by atoms with van der Waals surface area (Å²) in [5.74, 6) is 0.0717. The third-order valence-electron chi connectivity index (χ3n) is 2.92. The fourth-order valence-electron chi connectivity index (χ4n) is 1.98. The van der Waals surface area contributed by atoms with Crippen molar-refractivity contribution in [3.63, 3.8) is 0 Å². The van der Waals surface area contributed by atoms with Crippen LogP contribution in [0.2, 0.25) is 0 Å². The monoisotopic (exact) mass is 266 g/mol.